The molecule has 2 N–H and O–H groups in total. The Morgan fingerprint density at radius 2 is 1.57 bits per heavy atom. The van der Waals surface area contributed by atoms with Gasteiger partial charge in [-0.15, -0.1) is 0 Å². The molecule has 10 heteroatoms. The highest BCUT2D eigenvalue weighted by Crippen LogP contribution is 2.53. The van der Waals surface area contributed by atoms with Crippen molar-refractivity contribution in [1.82, 2.24) is 0 Å². The molecule has 0 atom stereocenters. The van der Waals surface area contributed by atoms with E-state index in [0.717, 1.165) is 5.69 Å². The first-order chi connectivity index (χ1) is 10.8. The minimum Gasteiger partial charge on any atom is -0.397 e. The molecular formula is C13H9IN4O4S. The number of rotatable bonds is 2. The van der Waals surface area contributed by atoms with E-state index in [9.17, 15) is 20.2 Å². The van der Waals surface area contributed by atoms with Crippen molar-refractivity contribution < 1.29 is 9.85 Å². The average Bonchev–Trinajstić information content (AvgIpc) is 2.45. The lowest BCUT2D eigenvalue weighted by Gasteiger charge is -2.31. The van der Waals surface area contributed by atoms with Gasteiger partial charge in [0.15, 0.2) is 0 Å². The van der Waals surface area contributed by atoms with E-state index < -0.39 is 9.85 Å². The highest BCUT2D eigenvalue weighted by atomic mass is 127. The van der Waals surface area contributed by atoms with Gasteiger partial charge in [0, 0.05) is 44.7 Å². The molecule has 0 fully saturated rings. The Bertz CT molecular complexity index is 804. The molecule has 0 spiro atoms. The van der Waals surface area contributed by atoms with Crippen molar-refractivity contribution in [2.75, 3.05) is 17.7 Å². The van der Waals surface area contributed by atoms with Crippen LogP contribution >= 0.6 is 34.4 Å². The summed E-state index contributed by atoms with van der Waals surface area (Å²) in [5.74, 6) is 0. The average molecular weight is 444 g/mol. The second-order valence-corrected chi connectivity index (χ2v) is 7.08. The zero-order chi connectivity index (χ0) is 16.9. The summed E-state index contributed by atoms with van der Waals surface area (Å²) in [6.07, 6.45) is 0. The third-order valence-corrected chi connectivity index (χ3v) is 5.30. The van der Waals surface area contributed by atoms with Gasteiger partial charge in [0.1, 0.15) is 0 Å². The van der Waals surface area contributed by atoms with Crippen molar-refractivity contribution in [3.63, 3.8) is 0 Å². The summed E-state index contributed by atoms with van der Waals surface area (Å²) in [6, 6.07) is 5.71. The van der Waals surface area contributed by atoms with Crippen LogP contribution in [0, 0.1) is 23.8 Å². The summed E-state index contributed by atoms with van der Waals surface area (Å²) in [4.78, 5) is 24.1. The summed E-state index contributed by atoms with van der Waals surface area (Å²) >= 11 is 3.28. The highest BCUT2D eigenvalue weighted by Gasteiger charge is 2.29. The first-order valence-electron chi connectivity index (χ1n) is 6.27. The fourth-order valence-corrected chi connectivity index (χ4v) is 4.90. The Kier molecular flexibility index (Phi) is 3.80. The fourth-order valence-electron chi connectivity index (χ4n) is 2.46. The van der Waals surface area contributed by atoms with E-state index >= 15 is 0 Å². The first kappa shape index (κ1) is 15.8. The molecule has 8 nitrogen and oxygen atoms in total. The van der Waals surface area contributed by atoms with Gasteiger partial charge in [-0.1, -0.05) is 11.8 Å². The lowest BCUT2D eigenvalue weighted by atomic mass is 10.2. The molecule has 1 heterocycles. The predicted molar refractivity (Wildman–Crippen MR) is 95.5 cm³/mol. The maximum atomic E-state index is 11.0. The highest BCUT2D eigenvalue weighted by molar-refractivity contribution is 14.1. The zero-order valence-electron chi connectivity index (χ0n) is 11.6. The quantitative estimate of drug-likeness (QED) is 0.323. The largest absolute Gasteiger partial charge is 0.397 e. The summed E-state index contributed by atoms with van der Waals surface area (Å²) in [5, 5.41) is 22.0. The SMILES string of the molecule is CN1c2c(N)cc([N+](=O)[O-])cc2Sc2cc([N+](=O)[O-])cc(I)c21. The maximum absolute atomic E-state index is 11.0. The van der Waals surface area contributed by atoms with Crippen LogP contribution in [0.2, 0.25) is 0 Å². The van der Waals surface area contributed by atoms with Crippen molar-refractivity contribution >= 4 is 62.8 Å². The van der Waals surface area contributed by atoms with Crippen molar-refractivity contribution in [2.24, 2.45) is 0 Å². The number of non-ortho nitro benzene ring substituents is 2. The van der Waals surface area contributed by atoms with Gasteiger partial charge in [0.05, 0.1) is 26.9 Å². The first-order valence-corrected chi connectivity index (χ1v) is 8.16. The Balaban J connectivity index is 2.21. The van der Waals surface area contributed by atoms with Gasteiger partial charge in [-0.3, -0.25) is 20.2 Å². The molecule has 3 rings (SSSR count). The van der Waals surface area contributed by atoms with Crippen LogP contribution in [0.5, 0.6) is 0 Å². The topological polar surface area (TPSA) is 116 Å². The number of nitrogen functional groups attached to an aromatic ring is 1. The van der Waals surface area contributed by atoms with Crippen LogP contribution in [0.25, 0.3) is 0 Å². The molecule has 2 aromatic carbocycles. The summed E-state index contributed by atoms with van der Waals surface area (Å²) < 4.78 is 0.713. The molecular weight excluding hydrogens is 435 g/mol. The second-order valence-electron chi connectivity index (χ2n) is 4.83. The summed E-state index contributed by atoms with van der Waals surface area (Å²) in [5.41, 5.74) is 7.62. The molecule has 2 aromatic rings. The standard InChI is InChI=1S/C13H9IN4O4S/c1-16-12-8(14)2-6(17(19)20)4-10(12)23-11-5-7(18(21)22)3-9(15)13(11)16/h2-5H,15H2,1H3. The van der Waals surface area contributed by atoms with Gasteiger partial charge in [0.2, 0.25) is 0 Å². The monoisotopic (exact) mass is 444 g/mol. The van der Waals surface area contributed by atoms with Gasteiger partial charge >= 0.3 is 0 Å². The van der Waals surface area contributed by atoms with Crippen LogP contribution in [0.4, 0.5) is 28.4 Å². The molecule has 0 bridgehead atoms. The van der Waals surface area contributed by atoms with E-state index in [1.807, 2.05) is 27.5 Å². The number of nitro benzene ring substituents is 2. The molecule has 0 radical (unpaired) electrons. The van der Waals surface area contributed by atoms with E-state index in [1.54, 1.807) is 7.05 Å². The molecule has 118 valence electrons. The van der Waals surface area contributed by atoms with E-state index in [4.69, 9.17) is 5.73 Å². The van der Waals surface area contributed by atoms with E-state index in [1.165, 1.54) is 36.0 Å². The number of hydrogen-bond donors (Lipinski definition) is 1. The minimum atomic E-state index is -0.510. The van der Waals surface area contributed by atoms with Crippen LogP contribution in [0.3, 0.4) is 0 Å². The number of anilines is 3. The van der Waals surface area contributed by atoms with Crippen molar-refractivity contribution in [2.45, 2.75) is 9.79 Å². The van der Waals surface area contributed by atoms with Crippen LogP contribution in [0.15, 0.2) is 34.1 Å². The Morgan fingerprint density at radius 3 is 2.13 bits per heavy atom. The predicted octanol–water partition coefficient (Wildman–Crippen LogP) is 3.92. The van der Waals surface area contributed by atoms with Gasteiger partial charge in [-0.2, -0.15) is 0 Å². The summed E-state index contributed by atoms with van der Waals surface area (Å²) in [6.45, 7) is 0. The fraction of sp³-hybridized carbons (Fsp3) is 0.0769. The third-order valence-electron chi connectivity index (χ3n) is 3.41. The van der Waals surface area contributed by atoms with Crippen molar-refractivity contribution in [3.8, 4) is 0 Å². The summed E-state index contributed by atoms with van der Waals surface area (Å²) in [7, 11) is 1.79. The third kappa shape index (κ3) is 2.57. The Labute approximate surface area is 148 Å². The normalized spacial score (nSPS) is 12.5. The van der Waals surface area contributed by atoms with E-state index in [0.29, 0.717) is 24.7 Å². The zero-order valence-corrected chi connectivity index (χ0v) is 14.6. The minimum absolute atomic E-state index is 0.0177. The second kappa shape index (κ2) is 5.53. The van der Waals surface area contributed by atoms with Gasteiger partial charge in [0.25, 0.3) is 11.4 Å². The van der Waals surface area contributed by atoms with Gasteiger partial charge < -0.3 is 10.6 Å². The molecule has 0 aliphatic carbocycles. The maximum Gasteiger partial charge on any atom is 0.272 e. The molecule has 0 unspecified atom stereocenters. The number of nitrogens with zero attached hydrogens (tertiary/aromatic N) is 3. The molecule has 1 aliphatic heterocycles. The van der Waals surface area contributed by atoms with E-state index in [2.05, 4.69) is 0 Å². The molecule has 0 saturated carbocycles. The van der Waals surface area contributed by atoms with Crippen LogP contribution in [0.1, 0.15) is 0 Å². The Hall–Kier alpha value is -2.08. The van der Waals surface area contributed by atoms with Gasteiger partial charge in [-0.25, -0.2) is 0 Å². The van der Waals surface area contributed by atoms with Gasteiger partial charge in [-0.05, 0) is 22.6 Å². The number of nitrogens with two attached hydrogens (primary N) is 1. The van der Waals surface area contributed by atoms with E-state index in [-0.39, 0.29) is 11.4 Å². The lowest BCUT2D eigenvalue weighted by Crippen LogP contribution is -2.18. The number of halogens is 1. The van der Waals surface area contributed by atoms with Crippen molar-refractivity contribution in [3.05, 3.63) is 48.1 Å². The molecule has 23 heavy (non-hydrogen) atoms. The number of fused-ring (bicyclic) bond motifs is 2. The lowest BCUT2D eigenvalue weighted by molar-refractivity contribution is -0.385. The van der Waals surface area contributed by atoms with Crippen LogP contribution in [-0.4, -0.2) is 16.9 Å². The molecule has 1 aliphatic rings. The molecule has 0 amide bonds. The van der Waals surface area contributed by atoms with Crippen molar-refractivity contribution in [1.29, 1.82) is 0 Å². The number of benzene rings is 2. The smallest absolute Gasteiger partial charge is 0.272 e. The van der Waals surface area contributed by atoms with Crippen LogP contribution < -0.4 is 10.6 Å². The molecule has 0 aromatic heterocycles. The number of hydrogen-bond acceptors (Lipinski definition) is 7. The van der Waals surface area contributed by atoms with Crippen LogP contribution in [-0.2, 0) is 0 Å². The number of nitro groups is 2. The molecule has 0 saturated heterocycles. The Morgan fingerprint density at radius 1 is 1.04 bits per heavy atom.